The van der Waals surface area contributed by atoms with Crippen LogP contribution in [0.15, 0.2) is 66.7 Å². The number of piperidine rings is 2. The second-order valence-electron chi connectivity index (χ2n) is 13.6. The van der Waals surface area contributed by atoms with Crippen LogP contribution in [0.1, 0.15) is 72.0 Å². The molecule has 7 nitrogen and oxygen atoms in total. The van der Waals surface area contributed by atoms with Crippen LogP contribution in [0.25, 0.3) is 22.2 Å². The Morgan fingerprint density at radius 1 is 0.918 bits per heavy atom. The van der Waals surface area contributed by atoms with Crippen molar-refractivity contribution in [2.24, 2.45) is 0 Å². The van der Waals surface area contributed by atoms with Crippen LogP contribution in [-0.4, -0.2) is 67.1 Å². The van der Waals surface area contributed by atoms with E-state index < -0.39 is 17.3 Å². The van der Waals surface area contributed by atoms with Gasteiger partial charge in [-0.15, -0.1) is 0 Å². The van der Waals surface area contributed by atoms with Gasteiger partial charge in [0.25, 0.3) is 5.91 Å². The summed E-state index contributed by atoms with van der Waals surface area (Å²) in [5, 5.41) is 3.92. The van der Waals surface area contributed by atoms with Gasteiger partial charge in [0.15, 0.2) is 11.5 Å². The quantitative estimate of drug-likeness (QED) is 0.196. The molecule has 1 amide bonds. The van der Waals surface area contributed by atoms with E-state index >= 15 is 0 Å². The summed E-state index contributed by atoms with van der Waals surface area (Å²) in [5.41, 5.74) is 1.73. The second kappa shape index (κ2) is 13.6. The van der Waals surface area contributed by atoms with Gasteiger partial charge in [0.05, 0.1) is 36.6 Å². The molecule has 1 aromatic heterocycles. The van der Waals surface area contributed by atoms with Crippen molar-refractivity contribution >= 4 is 16.8 Å². The number of hydrogen-bond acceptors (Lipinski definition) is 6. The van der Waals surface area contributed by atoms with E-state index in [0.717, 1.165) is 69.6 Å². The number of benzene rings is 3. The predicted molar refractivity (Wildman–Crippen MR) is 184 cm³/mol. The summed E-state index contributed by atoms with van der Waals surface area (Å²) in [6.45, 7) is 4.29. The molecule has 2 saturated heterocycles. The van der Waals surface area contributed by atoms with E-state index in [1.807, 2.05) is 36.4 Å². The molecule has 0 bridgehead atoms. The number of nitrogens with zero attached hydrogens (tertiary/aromatic N) is 3. The minimum atomic E-state index is -4.54. The zero-order valence-corrected chi connectivity index (χ0v) is 28.1. The van der Waals surface area contributed by atoms with E-state index in [1.165, 1.54) is 39.5 Å². The highest BCUT2D eigenvalue weighted by Crippen LogP contribution is 2.47. The smallest absolute Gasteiger partial charge is 0.416 e. The second-order valence-corrected chi connectivity index (χ2v) is 13.6. The minimum Gasteiger partial charge on any atom is -0.493 e. The Hall–Kier alpha value is -4.15. The van der Waals surface area contributed by atoms with Crippen LogP contribution >= 0.6 is 0 Å². The van der Waals surface area contributed by atoms with Crippen molar-refractivity contribution in [3.63, 3.8) is 0 Å². The monoisotopic (exact) mass is 672 g/mol. The molecule has 0 atom stereocenters. The van der Waals surface area contributed by atoms with Crippen molar-refractivity contribution in [1.29, 1.82) is 0 Å². The summed E-state index contributed by atoms with van der Waals surface area (Å²) in [6.07, 6.45) is 2.81. The summed E-state index contributed by atoms with van der Waals surface area (Å²) < 4.78 is 53.5. The third kappa shape index (κ3) is 6.73. The molecule has 0 unspecified atom stereocenters. The number of rotatable bonds is 9. The molecule has 3 fully saturated rings. The Balaban J connectivity index is 1.37. The van der Waals surface area contributed by atoms with Gasteiger partial charge in [-0.1, -0.05) is 48.9 Å². The number of alkyl halides is 3. The molecule has 0 radical (unpaired) electrons. The van der Waals surface area contributed by atoms with Crippen LogP contribution in [0.3, 0.4) is 0 Å². The van der Waals surface area contributed by atoms with Crippen molar-refractivity contribution in [3.05, 3.63) is 89.0 Å². The summed E-state index contributed by atoms with van der Waals surface area (Å²) in [5.74, 6) is 0.451. The first-order valence-corrected chi connectivity index (χ1v) is 17.3. The normalized spacial score (nSPS) is 18.7. The maximum atomic E-state index is 14.8. The van der Waals surface area contributed by atoms with Gasteiger partial charge >= 0.3 is 6.18 Å². The molecule has 1 aliphatic carbocycles. The van der Waals surface area contributed by atoms with E-state index in [4.69, 9.17) is 14.5 Å². The predicted octanol–water partition coefficient (Wildman–Crippen LogP) is 7.81. The molecule has 1 N–H and O–H groups in total. The zero-order chi connectivity index (χ0) is 34.2. The Bertz CT molecular complexity index is 1810. The lowest BCUT2D eigenvalue weighted by atomic mass is 9.92. The first-order valence-electron chi connectivity index (χ1n) is 17.3. The molecule has 7 rings (SSSR count). The summed E-state index contributed by atoms with van der Waals surface area (Å²) in [6, 6.07) is 19.2. The van der Waals surface area contributed by atoms with Crippen molar-refractivity contribution in [1.82, 2.24) is 20.1 Å². The van der Waals surface area contributed by atoms with E-state index in [2.05, 4.69) is 15.1 Å². The van der Waals surface area contributed by atoms with Crippen LogP contribution < -0.4 is 14.8 Å². The van der Waals surface area contributed by atoms with Crippen LogP contribution in [-0.2, 0) is 18.3 Å². The van der Waals surface area contributed by atoms with Crippen LogP contribution in [0, 0.1) is 0 Å². The van der Waals surface area contributed by atoms with Gasteiger partial charge in [0.2, 0.25) is 0 Å². The van der Waals surface area contributed by atoms with E-state index in [-0.39, 0.29) is 11.5 Å². The van der Waals surface area contributed by atoms with E-state index in [1.54, 1.807) is 12.1 Å². The first-order chi connectivity index (χ1) is 23.7. The van der Waals surface area contributed by atoms with Gasteiger partial charge in [-0.25, -0.2) is 4.98 Å². The van der Waals surface area contributed by atoms with Crippen molar-refractivity contribution in [3.8, 4) is 22.8 Å². The SMILES string of the molecule is COc1ccc2c(C(=O)NC3(c4ccccc4)CC3)c(CN3CCC(N4CCCCC4)CC3)c(-c3cccc(C(F)(F)F)c3)nc2c1OC. The fourth-order valence-electron chi connectivity index (χ4n) is 7.78. The average molecular weight is 673 g/mol. The van der Waals surface area contributed by atoms with Gasteiger partial charge in [0, 0.05) is 29.1 Å². The number of aromatic nitrogens is 1. The third-order valence-corrected chi connectivity index (χ3v) is 10.6. The highest BCUT2D eigenvalue weighted by atomic mass is 19.4. The Morgan fingerprint density at radius 2 is 1.65 bits per heavy atom. The molecule has 49 heavy (non-hydrogen) atoms. The molecular weight excluding hydrogens is 629 g/mol. The van der Waals surface area contributed by atoms with Crippen LogP contribution in [0.4, 0.5) is 13.2 Å². The number of pyridine rings is 1. The van der Waals surface area contributed by atoms with Gasteiger partial charge in [-0.3, -0.25) is 9.69 Å². The number of hydrogen-bond donors (Lipinski definition) is 1. The summed E-state index contributed by atoms with van der Waals surface area (Å²) in [4.78, 5) is 24.7. The number of fused-ring (bicyclic) bond motifs is 1. The standard InChI is InChI=1S/C39H43F3N4O3/c1-48-32-15-14-30-33(37(47)44-38(18-19-38)27-11-5-3-6-12-27)31(25-45-22-16-29(17-23-45)46-20-7-4-8-21-46)34(43-35(30)36(32)49-2)26-10-9-13-28(24-26)39(40,41)42/h3,5-6,9-15,24,29H,4,7-8,16-23,25H2,1-2H3,(H,44,47). The number of nitrogens with one attached hydrogen (secondary N) is 1. The summed E-state index contributed by atoms with van der Waals surface area (Å²) >= 11 is 0. The molecule has 3 aromatic carbocycles. The Kier molecular flexibility index (Phi) is 9.28. The molecule has 4 aromatic rings. The maximum Gasteiger partial charge on any atom is 0.416 e. The molecule has 0 spiro atoms. The van der Waals surface area contributed by atoms with Gasteiger partial charge in [0.1, 0.15) is 5.52 Å². The number of carbonyl (C=O) groups excluding carboxylic acids is 1. The summed E-state index contributed by atoms with van der Waals surface area (Å²) in [7, 11) is 3.02. The number of likely N-dealkylation sites (tertiary alicyclic amines) is 2. The topological polar surface area (TPSA) is 66.9 Å². The maximum absolute atomic E-state index is 14.8. The van der Waals surface area contributed by atoms with Crippen molar-refractivity contribution < 1.29 is 27.4 Å². The number of methoxy groups -OCH3 is 2. The molecule has 1 saturated carbocycles. The zero-order valence-electron chi connectivity index (χ0n) is 28.1. The Labute approximate surface area is 285 Å². The number of amides is 1. The number of ether oxygens (including phenoxy) is 2. The van der Waals surface area contributed by atoms with E-state index in [0.29, 0.717) is 51.8 Å². The first kappa shape index (κ1) is 33.4. The lowest BCUT2D eigenvalue weighted by Crippen LogP contribution is -2.46. The minimum absolute atomic E-state index is 0.285. The van der Waals surface area contributed by atoms with Gasteiger partial charge < -0.3 is 19.7 Å². The highest BCUT2D eigenvalue weighted by molar-refractivity contribution is 6.11. The lowest BCUT2D eigenvalue weighted by molar-refractivity contribution is -0.137. The molecule has 258 valence electrons. The molecule has 3 heterocycles. The lowest BCUT2D eigenvalue weighted by Gasteiger charge is -2.40. The van der Waals surface area contributed by atoms with E-state index in [9.17, 15) is 18.0 Å². The van der Waals surface area contributed by atoms with Crippen molar-refractivity contribution in [2.45, 2.75) is 69.2 Å². The largest absolute Gasteiger partial charge is 0.493 e. The van der Waals surface area contributed by atoms with Crippen LogP contribution in [0.5, 0.6) is 11.5 Å². The molecule has 3 aliphatic rings. The number of halogens is 3. The van der Waals surface area contributed by atoms with Gasteiger partial charge in [-0.05, 0) is 94.5 Å². The molecule has 10 heteroatoms. The average Bonchev–Trinajstić information content (AvgIpc) is 3.91. The Morgan fingerprint density at radius 3 is 2.31 bits per heavy atom. The fourth-order valence-corrected chi connectivity index (χ4v) is 7.78. The molecule has 2 aliphatic heterocycles. The highest BCUT2D eigenvalue weighted by Gasteiger charge is 2.46. The van der Waals surface area contributed by atoms with Crippen LogP contribution in [0.2, 0.25) is 0 Å². The molecular formula is C39H43F3N4O3. The third-order valence-electron chi connectivity index (χ3n) is 10.6. The van der Waals surface area contributed by atoms with Gasteiger partial charge in [-0.2, -0.15) is 13.2 Å². The fraction of sp³-hybridized carbons (Fsp3) is 0.436. The van der Waals surface area contributed by atoms with Crippen molar-refractivity contribution in [2.75, 3.05) is 40.4 Å². The number of carbonyl (C=O) groups is 1.